The Morgan fingerprint density at radius 3 is 2.69 bits per heavy atom. The van der Waals surface area contributed by atoms with Crippen LogP contribution in [-0.2, 0) is 6.18 Å². The van der Waals surface area contributed by atoms with Crippen LogP contribution in [0.2, 0.25) is 0 Å². The predicted molar refractivity (Wildman–Crippen MR) is 108 cm³/mol. The van der Waals surface area contributed by atoms with Crippen LogP contribution in [0.25, 0.3) is 17.1 Å². The molecule has 0 aliphatic carbocycles. The average molecular weight is 437 g/mol. The molecule has 3 heterocycles. The van der Waals surface area contributed by atoms with Crippen molar-refractivity contribution >= 4 is 11.6 Å². The highest BCUT2D eigenvalue weighted by Gasteiger charge is 2.36. The summed E-state index contributed by atoms with van der Waals surface area (Å²) in [7, 11) is 1.44. The number of halogens is 3. The van der Waals surface area contributed by atoms with Crippen molar-refractivity contribution in [2.24, 2.45) is 0 Å². The number of pyridine rings is 2. The predicted octanol–water partition coefficient (Wildman–Crippen LogP) is 4.21. The van der Waals surface area contributed by atoms with Crippen LogP contribution < -0.4 is 10.1 Å². The molecule has 7 nitrogen and oxygen atoms in total. The van der Waals surface area contributed by atoms with Crippen LogP contribution in [0.4, 0.5) is 18.9 Å². The molecule has 0 spiro atoms. The fourth-order valence-corrected chi connectivity index (χ4v) is 2.85. The van der Waals surface area contributed by atoms with Gasteiger partial charge in [0, 0.05) is 30.1 Å². The van der Waals surface area contributed by atoms with Crippen molar-refractivity contribution in [1.29, 1.82) is 0 Å². The molecule has 3 aromatic heterocycles. The highest BCUT2D eigenvalue weighted by molar-refractivity contribution is 6.04. The molecular weight excluding hydrogens is 423 g/mol. The fraction of sp³-hybridized carbons (Fsp3) is 0.0909. The van der Waals surface area contributed by atoms with E-state index in [2.05, 4.69) is 32.5 Å². The van der Waals surface area contributed by atoms with Crippen LogP contribution >= 0.6 is 0 Å². The zero-order chi connectivity index (χ0) is 22.7. The number of ether oxygens (including phenoxy) is 1. The maximum atomic E-state index is 13.6. The number of hydrogen-bond donors (Lipinski definition) is 1. The van der Waals surface area contributed by atoms with Crippen LogP contribution in [0, 0.1) is 12.1 Å². The number of carbonyl (C=O) groups excluding carboxylic acids is 1. The van der Waals surface area contributed by atoms with Crippen molar-refractivity contribution in [3.8, 4) is 22.8 Å². The van der Waals surface area contributed by atoms with E-state index in [1.54, 1.807) is 12.1 Å². The van der Waals surface area contributed by atoms with Crippen molar-refractivity contribution in [2.75, 3.05) is 12.4 Å². The summed E-state index contributed by atoms with van der Waals surface area (Å²) < 4.78 is 46.5. The molecule has 32 heavy (non-hydrogen) atoms. The maximum absolute atomic E-state index is 13.6. The van der Waals surface area contributed by atoms with Crippen molar-refractivity contribution in [1.82, 2.24) is 19.7 Å². The third-order valence-electron chi connectivity index (χ3n) is 4.37. The maximum Gasteiger partial charge on any atom is 0.433 e. The van der Waals surface area contributed by atoms with Gasteiger partial charge in [-0.25, -0.2) is 9.67 Å². The minimum atomic E-state index is -4.65. The number of nitrogens with zero attached hydrogens (tertiary/aromatic N) is 4. The van der Waals surface area contributed by atoms with Gasteiger partial charge in [0.05, 0.1) is 30.3 Å². The molecule has 0 bridgehead atoms. The van der Waals surface area contributed by atoms with E-state index in [0.717, 1.165) is 6.07 Å². The number of rotatable bonds is 5. The molecule has 0 unspecified atom stereocenters. The second-order valence-corrected chi connectivity index (χ2v) is 6.51. The first-order valence-corrected chi connectivity index (χ1v) is 9.18. The smallest absolute Gasteiger partial charge is 0.433 e. The van der Waals surface area contributed by atoms with Gasteiger partial charge in [0.25, 0.3) is 5.91 Å². The summed E-state index contributed by atoms with van der Waals surface area (Å²) >= 11 is 0. The number of anilines is 1. The second kappa shape index (κ2) is 8.39. The van der Waals surface area contributed by atoms with Gasteiger partial charge in [0.1, 0.15) is 0 Å². The van der Waals surface area contributed by atoms with Gasteiger partial charge in [-0.3, -0.25) is 9.78 Å². The van der Waals surface area contributed by atoms with Gasteiger partial charge in [0.15, 0.2) is 17.3 Å². The van der Waals surface area contributed by atoms with E-state index in [1.807, 2.05) is 0 Å². The van der Waals surface area contributed by atoms with Crippen molar-refractivity contribution in [3.05, 3.63) is 84.4 Å². The molecular formula is C22H14F3N5O2. The molecule has 4 rings (SSSR count). The molecule has 160 valence electrons. The fourth-order valence-electron chi connectivity index (χ4n) is 2.85. The lowest BCUT2D eigenvalue weighted by Crippen LogP contribution is -2.15. The van der Waals surface area contributed by atoms with Gasteiger partial charge >= 0.3 is 6.18 Å². The summed E-state index contributed by atoms with van der Waals surface area (Å²) in [5.41, 5.74) is 0.128. The Morgan fingerprint density at radius 2 is 2.03 bits per heavy atom. The highest BCUT2D eigenvalue weighted by Crippen LogP contribution is 2.33. The van der Waals surface area contributed by atoms with Gasteiger partial charge in [-0.15, -0.1) is 0 Å². The number of methoxy groups -OCH3 is 1. The summed E-state index contributed by atoms with van der Waals surface area (Å²) in [6.07, 6.45) is -0.467. The number of aromatic nitrogens is 4. The first-order valence-electron chi connectivity index (χ1n) is 9.18. The monoisotopic (exact) mass is 437 g/mol. The summed E-state index contributed by atoms with van der Waals surface area (Å²) in [5.74, 6) is -0.180. The minimum absolute atomic E-state index is 0.0604. The minimum Gasteiger partial charge on any atom is -0.489 e. The van der Waals surface area contributed by atoms with E-state index in [-0.39, 0.29) is 17.1 Å². The number of alkyl halides is 3. The highest BCUT2D eigenvalue weighted by atomic mass is 19.4. The molecule has 0 fully saturated rings. The van der Waals surface area contributed by atoms with E-state index < -0.39 is 17.8 Å². The number of nitrogens with one attached hydrogen (secondary N) is 1. The Bertz CT molecular complexity index is 1240. The lowest BCUT2D eigenvalue weighted by atomic mass is 10.2. The molecule has 10 heteroatoms. The Morgan fingerprint density at radius 1 is 1.19 bits per heavy atom. The zero-order valence-electron chi connectivity index (χ0n) is 16.5. The topological polar surface area (TPSA) is 81.9 Å². The number of hydrogen-bond acceptors (Lipinski definition) is 5. The van der Waals surface area contributed by atoms with Crippen LogP contribution in [0.5, 0.6) is 5.75 Å². The number of carbonyl (C=O) groups is 1. The summed E-state index contributed by atoms with van der Waals surface area (Å²) in [4.78, 5) is 20.3. The van der Waals surface area contributed by atoms with Crippen LogP contribution in [0.15, 0.2) is 61.1 Å². The lowest BCUT2D eigenvalue weighted by Gasteiger charge is -2.10. The molecule has 0 aliphatic rings. The summed E-state index contributed by atoms with van der Waals surface area (Å²) in [5, 5.41) is 6.67. The molecule has 1 aromatic carbocycles. The van der Waals surface area contributed by atoms with Crippen LogP contribution in [0.1, 0.15) is 16.1 Å². The molecule has 0 saturated heterocycles. The molecule has 0 saturated carbocycles. The largest absolute Gasteiger partial charge is 0.489 e. The van der Waals surface area contributed by atoms with Crippen molar-refractivity contribution in [3.63, 3.8) is 0 Å². The van der Waals surface area contributed by atoms with E-state index in [4.69, 9.17) is 4.74 Å². The van der Waals surface area contributed by atoms with Crippen molar-refractivity contribution in [2.45, 2.75) is 6.18 Å². The SMILES string of the molecule is COc1c#ccc(C(=O)Nc2ccc(-n3nc(-c4cccnc4)cc3C(F)(F)F)nc2)c1. The van der Waals surface area contributed by atoms with Crippen LogP contribution in [0.3, 0.4) is 0 Å². The molecule has 1 N–H and O–H groups in total. The van der Waals surface area contributed by atoms with Gasteiger partial charge in [-0.2, -0.15) is 18.3 Å². The van der Waals surface area contributed by atoms with Gasteiger partial charge < -0.3 is 10.1 Å². The molecule has 4 aromatic rings. The zero-order valence-corrected chi connectivity index (χ0v) is 16.5. The third kappa shape index (κ3) is 4.37. The second-order valence-electron chi connectivity index (χ2n) is 6.51. The van der Waals surface area contributed by atoms with Gasteiger partial charge in [-0.05, 0) is 36.4 Å². The average Bonchev–Trinajstić information content (AvgIpc) is 3.26. The quantitative estimate of drug-likeness (QED) is 0.506. The molecule has 0 radical (unpaired) electrons. The van der Waals surface area contributed by atoms with E-state index in [9.17, 15) is 18.0 Å². The summed E-state index contributed by atoms with van der Waals surface area (Å²) in [6.45, 7) is 0. The Hall–Kier alpha value is -4.39. The lowest BCUT2D eigenvalue weighted by molar-refractivity contribution is -0.142. The van der Waals surface area contributed by atoms with Crippen molar-refractivity contribution < 1.29 is 22.7 Å². The first-order chi connectivity index (χ1) is 15.3. The normalized spacial score (nSPS) is 11.0. The van der Waals surface area contributed by atoms with E-state index in [1.165, 1.54) is 50.0 Å². The summed E-state index contributed by atoms with van der Waals surface area (Å²) in [6, 6.07) is 15.2. The van der Waals surface area contributed by atoms with Gasteiger partial charge in [0.2, 0.25) is 0 Å². The van der Waals surface area contributed by atoms with E-state index in [0.29, 0.717) is 21.7 Å². The Balaban J connectivity index is 1.61. The number of amides is 1. The molecule has 0 atom stereocenters. The van der Waals surface area contributed by atoms with E-state index >= 15 is 0 Å². The first kappa shape index (κ1) is 20.9. The van der Waals surface area contributed by atoms with Crippen LogP contribution in [-0.4, -0.2) is 32.8 Å². The Kier molecular flexibility index (Phi) is 5.47. The third-order valence-corrected chi connectivity index (χ3v) is 4.37. The standard InChI is InChI=1S/C22H14F3N5O2/c1-32-17-6-2-4-14(10-17)21(31)28-16-7-8-20(27-13-16)30-19(22(23,24)25)11-18(29-30)15-5-3-9-26-12-15/h3-5,7-13H,1H3,(H,28,31). The van der Waals surface area contributed by atoms with Gasteiger partial charge in [-0.1, -0.05) is 6.07 Å². The molecule has 1 amide bonds. The Labute approximate surface area is 180 Å². The molecule has 0 aliphatic heterocycles.